The zero-order chi connectivity index (χ0) is 16.6. The molecule has 2 aromatic rings. The molecule has 1 saturated heterocycles. The van der Waals surface area contributed by atoms with Crippen LogP contribution in [0, 0.1) is 5.92 Å². The van der Waals surface area contributed by atoms with Crippen LogP contribution in [0.1, 0.15) is 24.0 Å². The van der Waals surface area contributed by atoms with Gasteiger partial charge < -0.3 is 14.8 Å². The summed E-state index contributed by atoms with van der Waals surface area (Å²) < 4.78 is 11.6. The maximum atomic E-state index is 6.15. The van der Waals surface area contributed by atoms with E-state index in [9.17, 15) is 0 Å². The maximum Gasteiger partial charge on any atom is 0.122 e. The quantitative estimate of drug-likeness (QED) is 0.838. The van der Waals surface area contributed by atoms with E-state index < -0.39 is 0 Å². The first-order valence-electron chi connectivity index (χ1n) is 8.90. The molecular weight excluding hydrogens is 298 g/mol. The first-order chi connectivity index (χ1) is 11.9. The fraction of sp³-hybridized carbons (Fsp3) is 0.429. The highest BCUT2D eigenvalue weighted by molar-refractivity contribution is 5.37. The third-order valence-electron chi connectivity index (χ3n) is 4.70. The Morgan fingerprint density at radius 3 is 2.29 bits per heavy atom. The molecule has 0 saturated carbocycles. The molecule has 0 aromatic heterocycles. The van der Waals surface area contributed by atoms with Gasteiger partial charge >= 0.3 is 0 Å². The molecule has 0 spiro atoms. The summed E-state index contributed by atoms with van der Waals surface area (Å²) in [6.45, 7) is 3.02. The highest BCUT2D eigenvalue weighted by Gasteiger charge is 2.14. The topological polar surface area (TPSA) is 30.5 Å². The van der Waals surface area contributed by atoms with Crippen LogP contribution in [0.25, 0.3) is 0 Å². The minimum atomic E-state index is 0.626. The van der Waals surface area contributed by atoms with Crippen LogP contribution < -0.4 is 14.8 Å². The molecule has 128 valence electrons. The van der Waals surface area contributed by atoms with Crippen LogP contribution in [0.4, 0.5) is 0 Å². The van der Waals surface area contributed by atoms with Crippen molar-refractivity contribution in [1.29, 1.82) is 0 Å². The van der Waals surface area contributed by atoms with E-state index in [0.29, 0.717) is 5.92 Å². The molecule has 1 aliphatic rings. The van der Waals surface area contributed by atoms with Gasteiger partial charge in [0.2, 0.25) is 0 Å². The Labute approximate surface area is 145 Å². The van der Waals surface area contributed by atoms with Crippen LogP contribution in [-0.4, -0.2) is 26.8 Å². The number of piperidine rings is 1. The molecule has 0 amide bonds. The maximum absolute atomic E-state index is 6.15. The number of hydrogen-bond donors (Lipinski definition) is 1. The Morgan fingerprint density at radius 2 is 1.62 bits per heavy atom. The third kappa shape index (κ3) is 4.51. The minimum absolute atomic E-state index is 0.626. The van der Waals surface area contributed by atoms with Crippen molar-refractivity contribution in [3.63, 3.8) is 0 Å². The van der Waals surface area contributed by atoms with E-state index in [4.69, 9.17) is 9.47 Å². The molecule has 0 aliphatic carbocycles. The van der Waals surface area contributed by atoms with Gasteiger partial charge in [-0.2, -0.15) is 0 Å². The third-order valence-corrected chi connectivity index (χ3v) is 4.70. The van der Waals surface area contributed by atoms with Gasteiger partial charge in [0.15, 0.2) is 0 Å². The first kappa shape index (κ1) is 16.8. The molecule has 1 N–H and O–H groups in total. The van der Waals surface area contributed by atoms with Crippen LogP contribution in [0.3, 0.4) is 0 Å². The normalized spacial score (nSPS) is 17.5. The number of nitrogens with one attached hydrogen (secondary N) is 1. The number of methoxy groups -OCH3 is 1. The minimum Gasteiger partial charge on any atom is -0.496 e. The van der Waals surface area contributed by atoms with Crippen molar-refractivity contribution < 1.29 is 9.47 Å². The van der Waals surface area contributed by atoms with Crippen LogP contribution in [0.5, 0.6) is 11.5 Å². The van der Waals surface area contributed by atoms with Crippen molar-refractivity contribution >= 4 is 0 Å². The number of para-hydroxylation sites is 2. The lowest BCUT2D eigenvalue weighted by Crippen LogP contribution is -2.33. The van der Waals surface area contributed by atoms with Crippen molar-refractivity contribution in [2.45, 2.75) is 25.7 Å². The molecule has 1 heterocycles. The number of rotatable bonds is 7. The van der Waals surface area contributed by atoms with Crippen molar-refractivity contribution in [2.24, 2.45) is 5.92 Å². The number of ether oxygens (including phenoxy) is 2. The Kier molecular flexibility index (Phi) is 6.13. The number of hydrogen-bond acceptors (Lipinski definition) is 3. The zero-order valence-corrected chi connectivity index (χ0v) is 14.5. The summed E-state index contributed by atoms with van der Waals surface area (Å²) in [4.78, 5) is 0. The van der Waals surface area contributed by atoms with Gasteiger partial charge in [-0.15, -0.1) is 0 Å². The molecule has 1 atom stereocenters. The average Bonchev–Trinajstić information content (AvgIpc) is 2.66. The smallest absolute Gasteiger partial charge is 0.122 e. The second-order valence-corrected chi connectivity index (χ2v) is 6.44. The molecule has 3 heteroatoms. The second kappa shape index (κ2) is 8.74. The van der Waals surface area contributed by atoms with E-state index in [1.807, 2.05) is 12.1 Å². The van der Waals surface area contributed by atoms with Gasteiger partial charge in [-0.3, -0.25) is 0 Å². The van der Waals surface area contributed by atoms with Crippen LogP contribution in [0.2, 0.25) is 0 Å². The van der Waals surface area contributed by atoms with Gasteiger partial charge in [0.1, 0.15) is 11.5 Å². The molecular formula is C21H27NO2. The Bertz CT molecular complexity index is 635. The lowest BCUT2D eigenvalue weighted by atomic mass is 10.0. The monoisotopic (exact) mass is 325 g/mol. The van der Waals surface area contributed by atoms with Crippen molar-refractivity contribution in [3.8, 4) is 11.5 Å². The molecule has 2 aromatic carbocycles. The van der Waals surface area contributed by atoms with Gasteiger partial charge in [-0.25, -0.2) is 0 Å². The summed E-state index contributed by atoms with van der Waals surface area (Å²) in [5, 5.41) is 3.45. The fourth-order valence-corrected chi connectivity index (χ4v) is 3.30. The lowest BCUT2D eigenvalue weighted by molar-refractivity contribution is 0.217. The largest absolute Gasteiger partial charge is 0.496 e. The molecule has 3 nitrogen and oxygen atoms in total. The highest BCUT2D eigenvalue weighted by atomic mass is 16.5. The van der Waals surface area contributed by atoms with Crippen molar-refractivity contribution in [2.75, 3.05) is 26.8 Å². The van der Waals surface area contributed by atoms with E-state index in [-0.39, 0.29) is 0 Å². The Hall–Kier alpha value is -2.00. The summed E-state index contributed by atoms with van der Waals surface area (Å²) in [5.74, 6) is 2.61. The molecule has 24 heavy (non-hydrogen) atoms. The zero-order valence-electron chi connectivity index (χ0n) is 14.5. The lowest BCUT2D eigenvalue weighted by Gasteiger charge is -2.23. The molecule has 1 fully saturated rings. The molecule has 3 rings (SSSR count). The van der Waals surface area contributed by atoms with Gasteiger partial charge in [-0.1, -0.05) is 36.4 Å². The van der Waals surface area contributed by atoms with Gasteiger partial charge in [-0.05, 0) is 55.5 Å². The summed E-state index contributed by atoms with van der Waals surface area (Å²) in [7, 11) is 1.73. The van der Waals surface area contributed by atoms with Crippen molar-refractivity contribution in [1.82, 2.24) is 5.32 Å². The van der Waals surface area contributed by atoms with E-state index in [1.54, 1.807) is 7.11 Å². The Balaban J connectivity index is 1.61. The second-order valence-electron chi connectivity index (χ2n) is 6.44. The van der Waals surface area contributed by atoms with Crippen molar-refractivity contribution in [3.05, 3.63) is 59.7 Å². The van der Waals surface area contributed by atoms with Crippen LogP contribution in [-0.2, 0) is 12.8 Å². The molecule has 0 unspecified atom stereocenters. The summed E-state index contributed by atoms with van der Waals surface area (Å²) in [5.41, 5.74) is 2.51. The Morgan fingerprint density at radius 1 is 0.958 bits per heavy atom. The summed E-state index contributed by atoms with van der Waals surface area (Å²) in [6, 6.07) is 16.6. The molecule has 0 bridgehead atoms. The standard InChI is InChI=1S/C21H27NO2/c1-23-20-10-4-2-8-18(20)12-13-19-9-3-5-11-21(19)24-16-17-7-6-14-22-15-17/h2-5,8-11,17,22H,6-7,12-16H2,1H3/t17-/m0/s1. The number of benzene rings is 2. The molecule has 0 radical (unpaired) electrons. The highest BCUT2D eigenvalue weighted by Crippen LogP contribution is 2.24. The van der Waals surface area contributed by atoms with Gasteiger partial charge in [0.25, 0.3) is 0 Å². The number of aryl methyl sites for hydroxylation is 2. The first-order valence-corrected chi connectivity index (χ1v) is 8.90. The van der Waals surface area contributed by atoms with Gasteiger partial charge in [0.05, 0.1) is 13.7 Å². The van der Waals surface area contributed by atoms with E-state index in [2.05, 4.69) is 41.7 Å². The van der Waals surface area contributed by atoms with E-state index in [0.717, 1.165) is 44.0 Å². The predicted octanol–water partition coefficient (Wildman–Crippen LogP) is 3.86. The fourth-order valence-electron chi connectivity index (χ4n) is 3.30. The van der Waals surface area contributed by atoms with Crippen LogP contribution >= 0.6 is 0 Å². The van der Waals surface area contributed by atoms with Gasteiger partial charge in [0, 0.05) is 12.5 Å². The average molecular weight is 325 g/mol. The summed E-state index contributed by atoms with van der Waals surface area (Å²) >= 11 is 0. The summed E-state index contributed by atoms with van der Waals surface area (Å²) in [6.07, 6.45) is 4.43. The van der Waals surface area contributed by atoms with Crippen LogP contribution in [0.15, 0.2) is 48.5 Å². The predicted molar refractivity (Wildman–Crippen MR) is 97.9 cm³/mol. The SMILES string of the molecule is COc1ccccc1CCc1ccccc1OC[C@H]1CCCNC1. The van der Waals surface area contributed by atoms with E-state index >= 15 is 0 Å². The van der Waals surface area contributed by atoms with E-state index in [1.165, 1.54) is 24.0 Å². The molecule has 1 aliphatic heterocycles.